The van der Waals surface area contributed by atoms with E-state index >= 15 is 0 Å². The molecule has 108 valence electrons. The first-order chi connectivity index (χ1) is 9.97. The van der Waals surface area contributed by atoms with Crippen LogP contribution in [0.2, 0.25) is 0 Å². The molecule has 10 heteroatoms. The van der Waals surface area contributed by atoms with Gasteiger partial charge in [0.1, 0.15) is 0 Å². The van der Waals surface area contributed by atoms with Gasteiger partial charge in [0.2, 0.25) is 11.4 Å². The molecule has 2 amide bonds. The molecule has 0 saturated carbocycles. The van der Waals surface area contributed by atoms with E-state index in [2.05, 4.69) is 15.4 Å². The molecule has 0 fully saturated rings. The third-order valence-corrected chi connectivity index (χ3v) is 2.58. The van der Waals surface area contributed by atoms with E-state index in [9.17, 15) is 19.7 Å². The highest BCUT2D eigenvalue weighted by Gasteiger charge is 2.35. The molecule has 0 spiro atoms. The van der Waals surface area contributed by atoms with Crippen LogP contribution in [0.3, 0.4) is 0 Å². The van der Waals surface area contributed by atoms with Crippen LogP contribution in [0.15, 0.2) is 24.4 Å². The van der Waals surface area contributed by atoms with Gasteiger partial charge in [-0.05, 0) is 12.1 Å². The standard InChI is InChI=1S/C11H10N6O4/c1-13-11(19)7-8(17(20)21)9(10(12)18)16(15-7)6-4-2-3-5-14-6/h2-5H,1H3,(H2,12,18)(H,13,19). The minimum absolute atomic E-state index is 0.129. The molecule has 10 nitrogen and oxygen atoms in total. The van der Waals surface area contributed by atoms with E-state index in [-0.39, 0.29) is 5.82 Å². The number of pyridine rings is 1. The second-order valence-electron chi connectivity index (χ2n) is 3.85. The summed E-state index contributed by atoms with van der Waals surface area (Å²) >= 11 is 0. The minimum atomic E-state index is -1.09. The Labute approximate surface area is 117 Å². The van der Waals surface area contributed by atoms with E-state index in [1.807, 2.05) is 0 Å². The summed E-state index contributed by atoms with van der Waals surface area (Å²) < 4.78 is 0.880. The van der Waals surface area contributed by atoms with Gasteiger partial charge in [-0.3, -0.25) is 19.7 Å². The Morgan fingerprint density at radius 3 is 2.62 bits per heavy atom. The summed E-state index contributed by atoms with van der Waals surface area (Å²) in [5, 5.41) is 17.2. The van der Waals surface area contributed by atoms with Gasteiger partial charge in [0.15, 0.2) is 5.82 Å². The average Bonchev–Trinajstić information content (AvgIpc) is 2.88. The molecule has 2 aromatic rings. The average molecular weight is 290 g/mol. The minimum Gasteiger partial charge on any atom is -0.364 e. The smallest absolute Gasteiger partial charge is 0.333 e. The maximum Gasteiger partial charge on any atom is 0.333 e. The number of primary amides is 1. The lowest BCUT2D eigenvalue weighted by atomic mass is 10.2. The molecular formula is C11H10N6O4. The molecule has 21 heavy (non-hydrogen) atoms. The van der Waals surface area contributed by atoms with Crippen molar-refractivity contribution in [1.82, 2.24) is 20.1 Å². The highest BCUT2D eigenvalue weighted by Crippen LogP contribution is 2.25. The molecule has 0 aliphatic heterocycles. The first kappa shape index (κ1) is 14.1. The van der Waals surface area contributed by atoms with Crippen molar-refractivity contribution >= 4 is 17.5 Å². The SMILES string of the molecule is CNC(=O)c1nn(-c2ccccn2)c(C(N)=O)c1[N+](=O)[O-]. The molecule has 2 aromatic heterocycles. The van der Waals surface area contributed by atoms with Crippen LogP contribution in [0.25, 0.3) is 5.82 Å². The first-order valence-corrected chi connectivity index (χ1v) is 5.68. The number of nitro groups is 1. The summed E-state index contributed by atoms with van der Waals surface area (Å²) in [6, 6.07) is 4.68. The fourth-order valence-corrected chi connectivity index (χ4v) is 1.72. The number of hydrogen-bond donors (Lipinski definition) is 2. The molecule has 0 radical (unpaired) electrons. The first-order valence-electron chi connectivity index (χ1n) is 5.68. The second-order valence-corrected chi connectivity index (χ2v) is 3.85. The van der Waals surface area contributed by atoms with E-state index in [0.29, 0.717) is 0 Å². The van der Waals surface area contributed by atoms with Crippen molar-refractivity contribution in [3.05, 3.63) is 45.9 Å². The monoisotopic (exact) mass is 290 g/mol. The summed E-state index contributed by atoms with van der Waals surface area (Å²) in [6.45, 7) is 0. The maximum atomic E-state index is 11.7. The van der Waals surface area contributed by atoms with E-state index < -0.39 is 33.8 Å². The van der Waals surface area contributed by atoms with Crippen molar-refractivity contribution in [2.75, 3.05) is 7.05 Å². The van der Waals surface area contributed by atoms with Crippen molar-refractivity contribution in [1.29, 1.82) is 0 Å². The molecular weight excluding hydrogens is 280 g/mol. The van der Waals surface area contributed by atoms with Gasteiger partial charge in [0.05, 0.1) is 4.92 Å². The molecule has 3 N–H and O–H groups in total. The molecule has 2 rings (SSSR count). The van der Waals surface area contributed by atoms with Crippen LogP contribution in [0.5, 0.6) is 0 Å². The van der Waals surface area contributed by atoms with Crippen LogP contribution in [0.4, 0.5) is 5.69 Å². The number of amides is 2. The zero-order chi connectivity index (χ0) is 15.6. The predicted molar refractivity (Wildman–Crippen MR) is 69.9 cm³/mol. The number of nitrogens with two attached hydrogens (primary N) is 1. The molecule has 0 aliphatic rings. The lowest BCUT2D eigenvalue weighted by Crippen LogP contribution is -2.20. The number of nitrogens with zero attached hydrogens (tertiary/aromatic N) is 4. The maximum absolute atomic E-state index is 11.7. The topological polar surface area (TPSA) is 146 Å². The van der Waals surface area contributed by atoms with Crippen molar-refractivity contribution in [3.63, 3.8) is 0 Å². The lowest BCUT2D eigenvalue weighted by Gasteiger charge is -2.01. The Morgan fingerprint density at radius 1 is 1.43 bits per heavy atom. The third kappa shape index (κ3) is 2.41. The zero-order valence-electron chi connectivity index (χ0n) is 10.8. The van der Waals surface area contributed by atoms with E-state index in [0.717, 1.165) is 4.68 Å². The Balaban J connectivity index is 2.80. The Morgan fingerprint density at radius 2 is 2.14 bits per heavy atom. The Bertz CT molecular complexity index is 724. The molecule has 0 aromatic carbocycles. The van der Waals surface area contributed by atoms with Gasteiger partial charge in [-0.2, -0.15) is 5.10 Å². The van der Waals surface area contributed by atoms with E-state index in [1.165, 1.54) is 19.3 Å². The van der Waals surface area contributed by atoms with Crippen molar-refractivity contribution < 1.29 is 14.5 Å². The predicted octanol–water partition coefficient (Wildman–Crippen LogP) is -0.366. The van der Waals surface area contributed by atoms with E-state index in [4.69, 9.17) is 5.73 Å². The van der Waals surface area contributed by atoms with E-state index in [1.54, 1.807) is 12.1 Å². The normalized spacial score (nSPS) is 10.1. The van der Waals surface area contributed by atoms with Crippen molar-refractivity contribution in [2.24, 2.45) is 5.73 Å². The van der Waals surface area contributed by atoms with Crippen LogP contribution in [-0.2, 0) is 0 Å². The summed E-state index contributed by atoms with van der Waals surface area (Å²) in [6.07, 6.45) is 1.41. The molecule has 0 unspecified atom stereocenters. The van der Waals surface area contributed by atoms with Crippen LogP contribution < -0.4 is 11.1 Å². The fraction of sp³-hybridized carbons (Fsp3) is 0.0909. The van der Waals surface area contributed by atoms with Gasteiger partial charge in [0.25, 0.3) is 11.8 Å². The number of nitrogens with one attached hydrogen (secondary N) is 1. The van der Waals surface area contributed by atoms with Gasteiger partial charge in [0, 0.05) is 13.2 Å². The summed E-state index contributed by atoms with van der Waals surface area (Å²) in [5.74, 6) is -1.77. The molecule has 2 heterocycles. The third-order valence-electron chi connectivity index (χ3n) is 2.58. The number of aromatic nitrogens is 3. The Kier molecular flexibility index (Phi) is 3.61. The van der Waals surface area contributed by atoms with Crippen LogP contribution >= 0.6 is 0 Å². The molecule has 0 aliphatic carbocycles. The van der Waals surface area contributed by atoms with Gasteiger partial charge in [-0.1, -0.05) is 6.07 Å². The Hall–Kier alpha value is -3.30. The largest absolute Gasteiger partial charge is 0.364 e. The van der Waals surface area contributed by atoms with Crippen LogP contribution in [-0.4, -0.2) is 38.5 Å². The van der Waals surface area contributed by atoms with Crippen LogP contribution in [0, 0.1) is 10.1 Å². The van der Waals surface area contributed by atoms with Crippen LogP contribution in [0.1, 0.15) is 21.0 Å². The number of hydrogen-bond acceptors (Lipinski definition) is 6. The van der Waals surface area contributed by atoms with Crippen molar-refractivity contribution in [2.45, 2.75) is 0 Å². The number of rotatable bonds is 4. The lowest BCUT2D eigenvalue weighted by molar-refractivity contribution is -0.385. The van der Waals surface area contributed by atoms with Gasteiger partial charge in [-0.25, -0.2) is 9.67 Å². The number of carbonyl (C=O) groups is 2. The molecule has 0 saturated heterocycles. The summed E-state index contributed by atoms with van der Waals surface area (Å²) in [4.78, 5) is 37.4. The highest BCUT2D eigenvalue weighted by atomic mass is 16.6. The fourth-order valence-electron chi connectivity index (χ4n) is 1.72. The quantitative estimate of drug-likeness (QED) is 0.580. The van der Waals surface area contributed by atoms with Gasteiger partial charge in [-0.15, -0.1) is 0 Å². The summed E-state index contributed by atoms with van der Waals surface area (Å²) in [5.41, 5.74) is 3.40. The summed E-state index contributed by atoms with van der Waals surface area (Å²) in [7, 11) is 1.29. The zero-order valence-corrected chi connectivity index (χ0v) is 10.8. The highest BCUT2D eigenvalue weighted by molar-refractivity contribution is 6.03. The van der Waals surface area contributed by atoms with Gasteiger partial charge < -0.3 is 11.1 Å². The second kappa shape index (κ2) is 5.36. The molecule has 0 atom stereocenters. The number of carbonyl (C=O) groups excluding carboxylic acids is 2. The van der Waals surface area contributed by atoms with Crippen molar-refractivity contribution in [3.8, 4) is 5.82 Å². The van der Waals surface area contributed by atoms with Gasteiger partial charge >= 0.3 is 5.69 Å². The molecule has 0 bridgehead atoms.